The summed E-state index contributed by atoms with van der Waals surface area (Å²) in [6.45, 7) is 5.41. The molecule has 0 spiro atoms. The van der Waals surface area contributed by atoms with Gasteiger partial charge in [-0.05, 0) is 25.3 Å². The Kier molecular flexibility index (Phi) is 6.13. The molecule has 80 valence electrons. The summed E-state index contributed by atoms with van der Waals surface area (Å²) in [5, 5.41) is 2.24. The lowest BCUT2D eigenvalue weighted by atomic mass is 10.3. The highest BCUT2D eigenvalue weighted by Gasteiger charge is 2.15. The van der Waals surface area contributed by atoms with Crippen LogP contribution in [-0.4, -0.2) is 27.0 Å². The molecule has 1 rings (SSSR count). The van der Waals surface area contributed by atoms with E-state index in [4.69, 9.17) is 0 Å². The second-order valence-electron chi connectivity index (χ2n) is 3.34. The van der Waals surface area contributed by atoms with Crippen LogP contribution >= 0.6 is 35.3 Å². The average Bonchev–Trinajstić information content (AvgIpc) is 2.64. The molecule has 4 heteroatoms. The van der Waals surface area contributed by atoms with E-state index in [0.29, 0.717) is 5.57 Å². The molecule has 14 heavy (non-hydrogen) atoms. The first kappa shape index (κ1) is 12.5. The third kappa shape index (κ3) is 4.80. The number of thioether (sulfide) groups is 3. The van der Waals surface area contributed by atoms with E-state index in [1.807, 2.05) is 11.8 Å². The maximum absolute atomic E-state index is 11.2. The Labute approximate surface area is 98.9 Å². The van der Waals surface area contributed by atoms with Gasteiger partial charge < -0.3 is 0 Å². The van der Waals surface area contributed by atoms with Gasteiger partial charge >= 0.3 is 0 Å². The van der Waals surface area contributed by atoms with Crippen molar-refractivity contribution in [1.29, 1.82) is 0 Å². The Morgan fingerprint density at radius 3 is 3.00 bits per heavy atom. The van der Waals surface area contributed by atoms with Crippen LogP contribution in [0.3, 0.4) is 0 Å². The van der Waals surface area contributed by atoms with Gasteiger partial charge in [0.15, 0.2) is 0 Å². The largest absolute Gasteiger partial charge is 0.282 e. The molecule has 0 bridgehead atoms. The van der Waals surface area contributed by atoms with Crippen LogP contribution in [0, 0.1) is 0 Å². The summed E-state index contributed by atoms with van der Waals surface area (Å²) in [5.74, 6) is 2.25. The fourth-order valence-corrected chi connectivity index (χ4v) is 4.86. The Bertz CT molecular complexity index is 209. The van der Waals surface area contributed by atoms with E-state index in [2.05, 4.69) is 18.3 Å². The molecule has 0 amide bonds. The van der Waals surface area contributed by atoms with Gasteiger partial charge in [0.2, 0.25) is 5.12 Å². The second-order valence-corrected chi connectivity index (χ2v) is 7.09. The molecule has 0 aromatic carbocycles. The van der Waals surface area contributed by atoms with E-state index < -0.39 is 0 Å². The molecule has 1 nitrogen and oxygen atoms in total. The van der Waals surface area contributed by atoms with Crippen molar-refractivity contribution in [2.75, 3.05) is 16.6 Å². The van der Waals surface area contributed by atoms with Gasteiger partial charge in [-0.2, -0.15) is 0 Å². The van der Waals surface area contributed by atoms with E-state index in [-0.39, 0.29) is 5.12 Å². The molecule has 1 heterocycles. The Morgan fingerprint density at radius 1 is 1.64 bits per heavy atom. The van der Waals surface area contributed by atoms with Crippen molar-refractivity contribution >= 4 is 40.4 Å². The van der Waals surface area contributed by atoms with Crippen LogP contribution in [0.1, 0.15) is 19.8 Å². The van der Waals surface area contributed by atoms with E-state index >= 15 is 0 Å². The lowest BCUT2D eigenvalue weighted by Crippen LogP contribution is -2.02. The molecule has 1 aliphatic rings. The Balaban J connectivity index is 1.98. The lowest BCUT2D eigenvalue weighted by Gasteiger charge is -2.06. The van der Waals surface area contributed by atoms with Crippen molar-refractivity contribution < 1.29 is 4.79 Å². The van der Waals surface area contributed by atoms with Crippen molar-refractivity contribution in [2.45, 2.75) is 25.0 Å². The molecule has 0 saturated carbocycles. The van der Waals surface area contributed by atoms with Gasteiger partial charge in [0.25, 0.3) is 0 Å². The quantitative estimate of drug-likeness (QED) is 0.547. The lowest BCUT2D eigenvalue weighted by molar-refractivity contribution is -0.107. The maximum Gasteiger partial charge on any atom is 0.214 e. The van der Waals surface area contributed by atoms with Crippen LogP contribution in [0.5, 0.6) is 0 Å². The zero-order valence-electron chi connectivity index (χ0n) is 8.45. The Morgan fingerprint density at radius 2 is 2.43 bits per heavy atom. The topological polar surface area (TPSA) is 17.1 Å². The zero-order chi connectivity index (χ0) is 10.4. The van der Waals surface area contributed by atoms with Crippen LogP contribution in [0.15, 0.2) is 12.2 Å². The molecule has 1 fully saturated rings. The van der Waals surface area contributed by atoms with Crippen molar-refractivity contribution in [1.82, 2.24) is 0 Å². The predicted octanol–water partition coefficient (Wildman–Crippen LogP) is 3.41. The smallest absolute Gasteiger partial charge is 0.214 e. The molecule has 0 aromatic rings. The molecule has 0 radical (unpaired) electrons. The summed E-state index contributed by atoms with van der Waals surface area (Å²) >= 11 is 5.50. The normalized spacial score (nSPS) is 21.1. The first-order valence-corrected chi connectivity index (χ1v) is 7.91. The molecule has 1 atom stereocenters. The van der Waals surface area contributed by atoms with Crippen LogP contribution in [0.25, 0.3) is 0 Å². The van der Waals surface area contributed by atoms with Gasteiger partial charge in [0.1, 0.15) is 0 Å². The van der Waals surface area contributed by atoms with Crippen LogP contribution < -0.4 is 0 Å². The molecule has 0 aromatic heterocycles. The van der Waals surface area contributed by atoms with Crippen molar-refractivity contribution in [2.24, 2.45) is 0 Å². The van der Waals surface area contributed by atoms with Crippen molar-refractivity contribution in [3.63, 3.8) is 0 Å². The summed E-state index contributed by atoms with van der Waals surface area (Å²) in [4.78, 5) is 11.2. The van der Waals surface area contributed by atoms with Crippen molar-refractivity contribution in [3.05, 3.63) is 12.2 Å². The minimum absolute atomic E-state index is 0.151. The summed E-state index contributed by atoms with van der Waals surface area (Å²) in [5.41, 5.74) is 0.667. The summed E-state index contributed by atoms with van der Waals surface area (Å²) < 4.78 is 0. The zero-order valence-corrected chi connectivity index (χ0v) is 10.9. The standard InChI is InChI=1S/C10H16OS3/c1-8(2)10(11)13-5-3-4-9-6-12-7-14-9/h9H,1,3-7H2,2H3. The molecule has 1 aliphatic heterocycles. The molecule has 1 unspecified atom stereocenters. The highest BCUT2D eigenvalue weighted by atomic mass is 32.2. The predicted molar refractivity (Wildman–Crippen MR) is 70.2 cm³/mol. The molecule has 0 aliphatic carbocycles. The number of hydrogen-bond donors (Lipinski definition) is 0. The van der Waals surface area contributed by atoms with Crippen LogP contribution in [-0.2, 0) is 4.79 Å². The summed E-state index contributed by atoms with van der Waals surface area (Å²) in [6.07, 6.45) is 2.41. The fourth-order valence-electron chi connectivity index (χ4n) is 1.14. The number of carbonyl (C=O) groups is 1. The first-order valence-electron chi connectivity index (χ1n) is 4.72. The SMILES string of the molecule is C=C(C)C(=O)SCCCC1CSCS1. The third-order valence-electron chi connectivity index (χ3n) is 1.94. The van der Waals surface area contributed by atoms with E-state index in [9.17, 15) is 4.79 Å². The average molecular weight is 248 g/mol. The summed E-state index contributed by atoms with van der Waals surface area (Å²) in [7, 11) is 0. The van der Waals surface area contributed by atoms with Gasteiger partial charge in [-0.15, -0.1) is 23.5 Å². The molecular weight excluding hydrogens is 232 g/mol. The summed E-state index contributed by atoms with van der Waals surface area (Å²) in [6, 6.07) is 0. The third-order valence-corrected chi connectivity index (χ3v) is 5.98. The number of hydrogen-bond acceptors (Lipinski definition) is 4. The van der Waals surface area contributed by atoms with E-state index in [1.54, 1.807) is 6.92 Å². The van der Waals surface area contributed by atoms with Crippen LogP contribution in [0.4, 0.5) is 0 Å². The van der Waals surface area contributed by atoms with Gasteiger partial charge in [0, 0.05) is 21.8 Å². The van der Waals surface area contributed by atoms with Crippen molar-refractivity contribution in [3.8, 4) is 0 Å². The van der Waals surface area contributed by atoms with Gasteiger partial charge in [0.05, 0.1) is 0 Å². The molecular formula is C10H16OS3. The Hall–Kier alpha value is 0.460. The van der Waals surface area contributed by atoms with Gasteiger partial charge in [-0.3, -0.25) is 4.79 Å². The number of carbonyl (C=O) groups excluding carboxylic acids is 1. The minimum Gasteiger partial charge on any atom is -0.282 e. The number of rotatable bonds is 5. The van der Waals surface area contributed by atoms with E-state index in [0.717, 1.165) is 17.4 Å². The second kappa shape index (κ2) is 6.85. The van der Waals surface area contributed by atoms with Crippen LogP contribution in [0.2, 0.25) is 0 Å². The van der Waals surface area contributed by atoms with Gasteiger partial charge in [-0.25, -0.2) is 0 Å². The first-order chi connectivity index (χ1) is 6.70. The minimum atomic E-state index is 0.151. The monoisotopic (exact) mass is 248 g/mol. The molecule has 0 N–H and O–H groups in total. The maximum atomic E-state index is 11.2. The fraction of sp³-hybridized carbons (Fsp3) is 0.700. The highest BCUT2D eigenvalue weighted by molar-refractivity contribution is 8.19. The van der Waals surface area contributed by atoms with Gasteiger partial charge in [-0.1, -0.05) is 18.3 Å². The molecule has 1 saturated heterocycles. The van der Waals surface area contributed by atoms with E-state index in [1.165, 1.54) is 29.0 Å². The highest BCUT2D eigenvalue weighted by Crippen LogP contribution is 2.32.